The van der Waals surface area contributed by atoms with Crippen LogP contribution < -0.4 is 4.90 Å². The molecule has 26 heavy (non-hydrogen) atoms. The number of methoxy groups -OCH3 is 2. The minimum Gasteiger partial charge on any atom is -0.468 e. The zero-order valence-electron chi connectivity index (χ0n) is 14.9. The van der Waals surface area contributed by atoms with Crippen molar-refractivity contribution in [1.29, 1.82) is 0 Å². The molecule has 136 valence electrons. The van der Waals surface area contributed by atoms with Gasteiger partial charge in [-0.25, -0.2) is 0 Å². The maximum atomic E-state index is 12.9. The Labute approximate surface area is 157 Å². The predicted molar refractivity (Wildman–Crippen MR) is 99.2 cm³/mol. The van der Waals surface area contributed by atoms with Crippen LogP contribution in [0.2, 0.25) is 5.02 Å². The van der Waals surface area contributed by atoms with Crippen molar-refractivity contribution in [2.24, 2.45) is 5.41 Å². The number of carbonyl (C=O) groups excluding carboxylic acids is 2. The number of hydrogen-bond donors (Lipinski definition) is 0. The molecule has 2 aromatic rings. The molecule has 0 radical (unpaired) electrons. The fraction of sp³-hybridized carbons (Fsp3) is 0.300. The van der Waals surface area contributed by atoms with E-state index >= 15 is 0 Å². The maximum Gasteiger partial charge on any atom is 0.326 e. The standard InChI is InChI=1S/C20H20ClNO4/c1-22-16-7-5-4-6-14(16)12-20(18(23)25-2,19(24)26-3)17(22)13-8-10-15(21)11-9-13/h4-11,17H,12H2,1-3H3. The number of fused-ring (bicyclic) bond motifs is 1. The highest BCUT2D eigenvalue weighted by atomic mass is 35.5. The smallest absolute Gasteiger partial charge is 0.326 e. The molecule has 0 saturated carbocycles. The summed E-state index contributed by atoms with van der Waals surface area (Å²) in [4.78, 5) is 27.8. The average Bonchev–Trinajstić information content (AvgIpc) is 2.67. The Morgan fingerprint density at radius 1 is 1.04 bits per heavy atom. The second-order valence-electron chi connectivity index (χ2n) is 6.32. The van der Waals surface area contributed by atoms with Crippen LogP contribution in [0.1, 0.15) is 17.2 Å². The molecule has 1 aliphatic heterocycles. The molecule has 0 aliphatic carbocycles. The van der Waals surface area contributed by atoms with Gasteiger partial charge in [0.2, 0.25) is 0 Å². The van der Waals surface area contributed by atoms with E-state index < -0.39 is 23.4 Å². The Kier molecular flexibility index (Phi) is 4.92. The van der Waals surface area contributed by atoms with Gasteiger partial charge in [0.25, 0.3) is 0 Å². The van der Waals surface area contributed by atoms with Crippen molar-refractivity contribution in [2.45, 2.75) is 12.5 Å². The fourth-order valence-electron chi connectivity index (χ4n) is 3.84. The third kappa shape index (κ3) is 2.72. The fourth-order valence-corrected chi connectivity index (χ4v) is 3.97. The summed E-state index contributed by atoms with van der Waals surface area (Å²) in [6.07, 6.45) is 0.195. The van der Waals surface area contributed by atoms with E-state index in [2.05, 4.69) is 0 Å². The molecule has 0 spiro atoms. The van der Waals surface area contributed by atoms with E-state index in [1.54, 1.807) is 12.1 Å². The molecule has 2 aromatic carbocycles. The average molecular weight is 374 g/mol. The van der Waals surface area contributed by atoms with Gasteiger partial charge >= 0.3 is 11.9 Å². The Morgan fingerprint density at radius 2 is 1.62 bits per heavy atom. The Hall–Kier alpha value is -2.53. The first kappa shape index (κ1) is 18.3. The summed E-state index contributed by atoms with van der Waals surface area (Å²) >= 11 is 6.02. The molecule has 1 heterocycles. The normalized spacial score (nSPS) is 18.0. The van der Waals surface area contributed by atoms with E-state index in [-0.39, 0.29) is 6.42 Å². The maximum absolute atomic E-state index is 12.9. The molecule has 1 atom stereocenters. The molecule has 0 amide bonds. The van der Waals surface area contributed by atoms with Crippen molar-refractivity contribution in [3.63, 3.8) is 0 Å². The van der Waals surface area contributed by atoms with Crippen LogP contribution in [-0.4, -0.2) is 33.2 Å². The highest BCUT2D eigenvalue weighted by Gasteiger charge is 2.59. The van der Waals surface area contributed by atoms with Gasteiger partial charge in [-0.3, -0.25) is 9.59 Å². The van der Waals surface area contributed by atoms with Gasteiger partial charge in [-0.1, -0.05) is 41.9 Å². The molecule has 5 nitrogen and oxygen atoms in total. The number of nitrogens with zero attached hydrogens (tertiary/aromatic N) is 1. The third-order valence-electron chi connectivity index (χ3n) is 4.98. The zero-order chi connectivity index (χ0) is 18.9. The van der Waals surface area contributed by atoms with Gasteiger partial charge in [0.05, 0.1) is 20.3 Å². The predicted octanol–water partition coefficient (Wildman–Crippen LogP) is 3.41. The van der Waals surface area contributed by atoms with Gasteiger partial charge in [0.15, 0.2) is 5.41 Å². The van der Waals surface area contributed by atoms with Crippen LogP contribution in [-0.2, 0) is 25.5 Å². The van der Waals surface area contributed by atoms with Crippen LogP contribution in [0.3, 0.4) is 0 Å². The SMILES string of the molecule is COC(=O)C1(C(=O)OC)Cc2ccccc2N(C)C1c1ccc(Cl)cc1. The summed E-state index contributed by atoms with van der Waals surface area (Å²) in [5.41, 5.74) is 1.11. The summed E-state index contributed by atoms with van der Waals surface area (Å²) in [6.45, 7) is 0. The summed E-state index contributed by atoms with van der Waals surface area (Å²) < 4.78 is 10.1. The molecule has 6 heteroatoms. The van der Waals surface area contributed by atoms with E-state index in [1.165, 1.54) is 14.2 Å². The number of carbonyl (C=O) groups is 2. The van der Waals surface area contributed by atoms with Crippen molar-refractivity contribution in [2.75, 3.05) is 26.2 Å². The molecule has 0 N–H and O–H groups in total. The number of hydrogen-bond acceptors (Lipinski definition) is 5. The van der Waals surface area contributed by atoms with E-state index in [0.29, 0.717) is 5.02 Å². The Balaban J connectivity index is 2.28. The minimum atomic E-state index is -1.51. The topological polar surface area (TPSA) is 55.8 Å². The molecule has 0 aromatic heterocycles. The summed E-state index contributed by atoms with van der Waals surface area (Å²) in [6, 6.07) is 14.2. The molecule has 1 unspecified atom stereocenters. The van der Waals surface area contributed by atoms with Gasteiger partial charge in [-0.15, -0.1) is 0 Å². The van der Waals surface area contributed by atoms with E-state index in [4.69, 9.17) is 21.1 Å². The quantitative estimate of drug-likeness (QED) is 0.609. The van der Waals surface area contributed by atoms with Gasteiger partial charge in [0, 0.05) is 24.2 Å². The van der Waals surface area contributed by atoms with Crippen molar-refractivity contribution in [3.8, 4) is 0 Å². The van der Waals surface area contributed by atoms with Crippen LogP contribution in [0, 0.1) is 5.41 Å². The molecule has 3 rings (SSSR count). The van der Waals surface area contributed by atoms with Crippen LogP contribution in [0.4, 0.5) is 5.69 Å². The number of anilines is 1. The number of para-hydroxylation sites is 1. The van der Waals surface area contributed by atoms with Crippen LogP contribution >= 0.6 is 11.6 Å². The number of rotatable bonds is 3. The highest BCUT2D eigenvalue weighted by Crippen LogP contribution is 2.50. The minimum absolute atomic E-state index is 0.195. The van der Waals surface area contributed by atoms with Crippen LogP contribution in [0.15, 0.2) is 48.5 Å². The van der Waals surface area contributed by atoms with Crippen molar-refractivity contribution < 1.29 is 19.1 Å². The van der Waals surface area contributed by atoms with E-state index in [1.807, 2.05) is 48.3 Å². The number of ether oxygens (including phenoxy) is 2. The molecular formula is C20H20ClNO4. The largest absolute Gasteiger partial charge is 0.468 e. The summed E-state index contributed by atoms with van der Waals surface area (Å²) in [7, 11) is 4.43. The first-order valence-corrected chi connectivity index (χ1v) is 8.56. The first-order valence-electron chi connectivity index (χ1n) is 8.18. The van der Waals surface area contributed by atoms with Gasteiger partial charge in [0.1, 0.15) is 0 Å². The Morgan fingerprint density at radius 3 is 2.19 bits per heavy atom. The van der Waals surface area contributed by atoms with E-state index in [9.17, 15) is 9.59 Å². The summed E-state index contributed by atoms with van der Waals surface area (Å²) in [5, 5.41) is 0.578. The van der Waals surface area contributed by atoms with Crippen LogP contribution in [0.5, 0.6) is 0 Å². The molecule has 1 aliphatic rings. The second-order valence-corrected chi connectivity index (χ2v) is 6.76. The van der Waals surface area contributed by atoms with Crippen LogP contribution in [0.25, 0.3) is 0 Å². The second kappa shape index (κ2) is 7.00. The monoisotopic (exact) mass is 373 g/mol. The lowest BCUT2D eigenvalue weighted by atomic mass is 9.69. The van der Waals surface area contributed by atoms with Gasteiger partial charge in [-0.2, -0.15) is 0 Å². The zero-order valence-corrected chi connectivity index (χ0v) is 15.6. The lowest BCUT2D eigenvalue weighted by Gasteiger charge is -2.46. The highest BCUT2D eigenvalue weighted by molar-refractivity contribution is 6.30. The number of benzene rings is 2. The molecule has 0 saturated heterocycles. The molecule has 0 bridgehead atoms. The van der Waals surface area contributed by atoms with Gasteiger partial charge in [-0.05, 0) is 29.3 Å². The van der Waals surface area contributed by atoms with Crippen molar-refractivity contribution in [1.82, 2.24) is 0 Å². The lowest BCUT2D eigenvalue weighted by molar-refractivity contribution is -0.171. The Bertz CT molecular complexity index is 818. The molecular weight excluding hydrogens is 354 g/mol. The van der Waals surface area contributed by atoms with E-state index in [0.717, 1.165) is 16.8 Å². The summed E-state index contributed by atoms with van der Waals surface area (Å²) in [5.74, 6) is -1.24. The number of halogens is 1. The number of esters is 2. The van der Waals surface area contributed by atoms with Crippen molar-refractivity contribution >= 4 is 29.2 Å². The third-order valence-corrected chi connectivity index (χ3v) is 5.23. The van der Waals surface area contributed by atoms with Crippen molar-refractivity contribution in [3.05, 3.63) is 64.7 Å². The lowest BCUT2D eigenvalue weighted by Crippen LogP contribution is -2.55. The van der Waals surface area contributed by atoms with Gasteiger partial charge < -0.3 is 14.4 Å². The molecule has 0 fully saturated rings. The first-order chi connectivity index (χ1) is 12.5.